The average molecular weight is 399 g/mol. The van der Waals surface area contributed by atoms with Gasteiger partial charge in [0.05, 0.1) is 0 Å². The van der Waals surface area contributed by atoms with Gasteiger partial charge in [0.2, 0.25) is 0 Å². The van der Waals surface area contributed by atoms with Crippen molar-refractivity contribution in [1.29, 1.82) is 0 Å². The normalized spacial score (nSPS) is 17.7. The van der Waals surface area contributed by atoms with Gasteiger partial charge in [-0.1, -0.05) is 60.7 Å². The maximum absolute atomic E-state index is 13.1. The minimum atomic E-state index is -1.27. The van der Waals surface area contributed by atoms with Crippen LogP contribution < -0.4 is 0 Å². The van der Waals surface area contributed by atoms with Crippen LogP contribution in [0.2, 0.25) is 0 Å². The van der Waals surface area contributed by atoms with Crippen LogP contribution >= 0.6 is 0 Å². The van der Waals surface area contributed by atoms with Crippen LogP contribution in [0, 0.1) is 5.92 Å². The molecule has 1 saturated heterocycles. The van der Waals surface area contributed by atoms with Crippen LogP contribution in [0.5, 0.6) is 0 Å². The molecule has 0 radical (unpaired) electrons. The SMILES string of the molecule is CC1(C)OC(=O)C([C@@H](c2cccc3ccccc23)c2c[nH]c3ccccc23)C(=O)O1. The van der Waals surface area contributed by atoms with Gasteiger partial charge in [0, 0.05) is 36.9 Å². The highest BCUT2D eigenvalue weighted by Crippen LogP contribution is 2.42. The van der Waals surface area contributed by atoms with Gasteiger partial charge in [0.15, 0.2) is 5.92 Å². The van der Waals surface area contributed by atoms with Crippen LogP contribution in [0.4, 0.5) is 0 Å². The molecule has 1 aromatic heterocycles. The molecule has 30 heavy (non-hydrogen) atoms. The summed E-state index contributed by atoms with van der Waals surface area (Å²) in [5.74, 6) is -4.06. The van der Waals surface area contributed by atoms with Crippen molar-refractivity contribution in [2.24, 2.45) is 5.92 Å². The summed E-state index contributed by atoms with van der Waals surface area (Å²) in [6, 6.07) is 21.7. The molecule has 0 unspecified atom stereocenters. The molecule has 5 nitrogen and oxygen atoms in total. The zero-order chi connectivity index (χ0) is 20.9. The van der Waals surface area contributed by atoms with Gasteiger partial charge in [-0.25, -0.2) is 0 Å². The topological polar surface area (TPSA) is 68.4 Å². The molecule has 1 atom stereocenters. The van der Waals surface area contributed by atoms with Gasteiger partial charge < -0.3 is 14.5 Å². The number of esters is 2. The number of hydrogen-bond acceptors (Lipinski definition) is 4. The second-order valence-electron chi connectivity index (χ2n) is 8.06. The Balaban J connectivity index is 1.77. The van der Waals surface area contributed by atoms with Crippen LogP contribution in [0.15, 0.2) is 72.9 Å². The van der Waals surface area contributed by atoms with Crippen molar-refractivity contribution >= 4 is 33.6 Å². The predicted octanol–water partition coefficient (Wildman–Crippen LogP) is 4.91. The highest BCUT2D eigenvalue weighted by atomic mass is 16.7. The van der Waals surface area contributed by atoms with Gasteiger partial charge >= 0.3 is 11.9 Å². The third-order valence-corrected chi connectivity index (χ3v) is 5.65. The zero-order valence-electron chi connectivity index (χ0n) is 16.7. The molecule has 0 spiro atoms. The maximum Gasteiger partial charge on any atom is 0.324 e. The lowest BCUT2D eigenvalue weighted by atomic mass is 9.78. The number of cyclic esters (lactones) is 2. The van der Waals surface area contributed by atoms with Gasteiger partial charge in [-0.05, 0) is 28.0 Å². The summed E-state index contributed by atoms with van der Waals surface area (Å²) in [5, 5.41) is 2.99. The number of carbonyl (C=O) groups is 2. The fourth-order valence-electron chi connectivity index (χ4n) is 4.40. The van der Waals surface area contributed by atoms with Crippen molar-refractivity contribution < 1.29 is 19.1 Å². The van der Waals surface area contributed by atoms with E-state index < -0.39 is 29.6 Å². The lowest BCUT2D eigenvalue weighted by Crippen LogP contribution is -2.48. The summed E-state index contributed by atoms with van der Waals surface area (Å²) in [6.45, 7) is 3.13. The first-order valence-electron chi connectivity index (χ1n) is 9.94. The first-order chi connectivity index (χ1) is 14.4. The highest BCUT2D eigenvalue weighted by Gasteiger charge is 2.48. The Hall–Kier alpha value is -3.60. The number of carbonyl (C=O) groups excluding carboxylic acids is 2. The number of rotatable bonds is 3. The Labute approximate surface area is 173 Å². The Kier molecular flexibility index (Phi) is 4.13. The van der Waals surface area contributed by atoms with E-state index in [4.69, 9.17) is 9.47 Å². The van der Waals surface area contributed by atoms with E-state index in [0.717, 1.165) is 32.8 Å². The standard InChI is InChI=1S/C25H21NO4/c1-25(2)29-23(27)22(24(28)30-25)21(19-14-26-20-13-6-5-11-17(19)20)18-12-7-9-15-8-3-4-10-16(15)18/h3-14,21-22,26H,1-2H3/t21-/m0/s1. The van der Waals surface area contributed by atoms with Crippen LogP contribution in [-0.2, 0) is 19.1 Å². The molecule has 1 fully saturated rings. The molecule has 0 aliphatic carbocycles. The third-order valence-electron chi connectivity index (χ3n) is 5.65. The molecule has 4 aromatic rings. The summed E-state index contributed by atoms with van der Waals surface area (Å²) in [7, 11) is 0. The summed E-state index contributed by atoms with van der Waals surface area (Å²) < 4.78 is 11.0. The highest BCUT2D eigenvalue weighted by molar-refractivity contribution is 6.01. The first-order valence-corrected chi connectivity index (χ1v) is 9.94. The van der Waals surface area contributed by atoms with E-state index in [1.807, 2.05) is 72.9 Å². The molecule has 0 amide bonds. The number of aromatic amines is 1. The number of hydrogen-bond donors (Lipinski definition) is 1. The molecule has 0 bridgehead atoms. The maximum atomic E-state index is 13.1. The second kappa shape index (κ2) is 6.73. The third kappa shape index (κ3) is 2.94. The predicted molar refractivity (Wildman–Crippen MR) is 114 cm³/mol. The van der Waals surface area contributed by atoms with E-state index in [1.165, 1.54) is 0 Å². The van der Waals surface area contributed by atoms with E-state index in [2.05, 4.69) is 4.98 Å². The smallest absolute Gasteiger partial charge is 0.324 e. The molecule has 3 aromatic carbocycles. The Morgan fingerprint density at radius 2 is 1.43 bits per heavy atom. The first kappa shape index (κ1) is 18.4. The van der Waals surface area contributed by atoms with Crippen LogP contribution in [0.3, 0.4) is 0 Å². The lowest BCUT2D eigenvalue weighted by Gasteiger charge is -2.36. The molecule has 2 heterocycles. The van der Waals surface area contributed by atoms with Gasteiger partial charge in [0.25, 0.3) is 5.79 Å². The van der Waals surface area contributed by atoms with Crippen LogP contribution in [-0.4, -0.2) is 22.7 Å². The quantitative estimate of drug-likeness (QED) is 0.393. The number of benzene rings is 3. The van der Waals surface area contributed by atoms with Crippen LogP contribution in [0.25, 0.3) is 21.7 Å². The summed E-state index contributed by atoms with van der Waals surface area (Å²) in [6.07, 6.45) is 1.87. The molecule has 5 heteroatoms. The molecular weight excluding hydrogens is 378 g/mol. The number of aromatic nitrogens is 1. The minimum Gasteiger partial charge on any atom is -0.422 e. The molecule has 1 aliphatic heterocycles. The van der Waals surface area contributed by atoms with E-state index in [0.29, 0.717) is 0 Å². The number of nitrogens with one attached hydrogen (secondary N) is 1. The summed E-state index contributed by atoms with van der Waals surface area (Å²) in [5.41, 5.74) is 2.69. The number of H-pyrrole nitrogens is 1. The second-order valence-corrected chi connectivity index (χ2v) is 8.06. The van der Waals surface area contributed by atoms with E-state index in [9.17, 15) is 9.59 Å². The minimum absolute atomic E-state index is 0.552. The molecule has 1 aliphatic rings. The monoisotopic (exact) mass is 399 g/mol. The largest absolute Gasteiger partial charge is 0.422 e. The van der Waals surface area contributed by atoms with Crippen molar-refractivity contribution in [1.82, 2.24) is 4.98 Å². The summed E-state index contributed by atoms with van der Waals surface area (Å²) >= 11 is 0. The van der Waals surface area contributed by atoms with Gasteiger partial charge in [-0.3, -0.25) is 9.59 Å². The van der Waals surface area contributed by atoms with Gasteiger partial charge in [-0.15, -0.1) is 0 Å². The number of fused-ring (bicyclic) bond motifs is 2. The molecule has 150 valence electrons. The molecule has 0 saturated carbocycles. The van der Waals surface area contributed by atoms with Crippen molar-refractivity contribution in [3.63, 3.8) is 0 Å². The summed E-state index contributed by atoms with van der Waals surface area (Å²) in [4.78, 5) is 29.4. The fourth-order valence-corrected chi connectivity index (χ4v) is 4.40. The molecular formula is C25H21NO4. The van der Waals surface area contributed by atoms with Gasteiger partial charge in [0.1, 0.15) is 0 Å². The van der Waals surface area contributed by atoms with Crippen molar-refractivity contribution in [2.75, 3.05) is 0 Å². The fraction of sp³-hybridized carbons (Fsp3) is 0.200. The number of ether oxygens (including phenoxy) is 2. The van der Waals surface area contributed by atoms with E-state index in [-0.39, 0.29) is 0 Å². The average Bonchev–Trinajstić information content (AvgIpc) is 3.13. The van der Waals surface area contributed by atoms with Crippen LogP contribution in [0.1, 0.15) is 30.9 Å². The van der Waals surface area contributed by atoms with E-state index in [1.54, 1.807) is 13.8 Å². The van der Waals surface area contributed by atoms with Crippen molar-refractivity contribution in [2.45, 2.75) is 25.6 Å². The van der Waals surface area contributed by atoms with E-state index >= 15 is 0 Å². The van der Waals surface area contributed by atoms with Crippen molar-refractivity contribution in [3.8, 4) is 0 Å². The molecule has 5 rings (SSSR count). The molecule has 1 N–H and O–H groups in total. The lowest BCUT2D eigenvalue weighted by molar-refractivity contribution is -0.240. The Morgan fingerprint density at radius 1 is 0.800 bits per heavy atom. The van der Waals surface area contributed by atoms with Crippen molar-refractivity contribution in [3.05, 3.63) is 84.1 Å². The zero-order valence-corrected chi connectivity index (χ0v) is 16.7. The Bertz CT molecular complexity index is 1260. The Morgan fingerprint density at radius 3 is 2.20 bits per heavy atom. The number of para-hydroxylation sites is 1. The van der Waals surface area contributed by atoms with Gasteiger partial charge in [-0.2, -0.15) is 0 Å².